The van der Waals surface area contributed by atoms with Crippen LogP contribution < -0.4 is 9.62 Å². The molecule has 134 valence electrons. The minimum atomic E-state index is -3.73. The summed E-state index contributed by atoms with van der Waals surface area (Å²) in [6.07, 6.45) is 0. The summed E-state index contributed by atoms with van der Waals surface area (Å²) in [6.45, 7) is 4.94. The van der Waals surface area contributed by atoms with Crippen LogP contribution in [0.15, 0.2) is 53.4 Å². The zero-order chi connectivity index (χ0) is 18.6. The predicted octanol–water partition coefficient (Wildman–Crippen LogP) is 2.30. The van der Waals surface area contributed by atoms with Gasteiger partial charge in [-0.2, -0.15) is 0 Å². The van der Waals surface area contributed by atoms with Gasteiger partial charge < -0.3 is 9.64 Å². The lowest BCUT2D eigenvalue weighted by atomic mass is 10.1. The van der Waals surface area contributed by atoms with Crippen LogP contribution in [0, 0.1) is 0 Å². The van der Waals surface area contributed by atoms with Gasteiger partial charge in [0.2, 0.25) is 10.0 Å². The Morgan fingerprint density at radius 1 is 1.16 bits per heavy atom. The molecule has 0 spiro atoms. The summed E-state index contributed by atoms with van der Waals surface area (Å²) >= 11 is 0. The zero-order valence-corrected chi connectivity index (χ0v) is 15.4. The number of nitrogens with zero attached hydrogens (tertiary/aromatic N) is 1. The molecule has 0 atom stereocenters. The summed E-state index contributed by atoms with van der Waals surface area (Å²) < 4.78 is 32.6. The van der Waals surface area contributed by atoms with Crippen molar-refractivity contribution in [3.05, 3.63) is 48.6 Å². The number of sulfonamides is 1. The lowest BCUT2D eigenvalue weighted by Crippen LogP contribution is -2.28. The highest BCUT2D eigenvalue weighted by Crippen LogP contribution is 2.29. The number of ether oxygens (including phenoxy) is 1. The van der Waals surface area contributed by atoms with E-state index >= 15 is 0 Å². The van der Waals surface area contributed by atoms with Crippen molar-refractivity contribution in [1.29, 1.82) is 0 Å². The van der Waals surface area contributed by atoms with Gasteiger partial charge in [-0.3, -0.25) is 0 Å². The second-order valence-electron chi connectivity index (χ2n) is 5.84. The summed E-state index contributed by atoms with van der Waals surface area (Å²) in [5.41, 5.74) is 1.21. The first-order valence-electron chi connectivity index (χ1n) is 7.75. The van der Waals surface area contributed by atoms with Crippen LogP contribution in [0.25, 0.3) is 10.8 Å². The third kappa shape index (κ3) is 4.37. The van der Waals surface area contributed by atoms with E-state index in [2.05, 4.69) is 11.3 Å². The zero-order valence-electron chi connectivity index (χ0n) is 14.6. The largest absolute Gasteiger partial charge is 0.461 e. The Morgan fingerprint density at radius 3 is 2.44 bits per heavy atom. The van der Waals surface area contributed by atoms with Crippen molar-refractivity contribution in [1.82, 2.24) is 4.72 Å². The van der Waals surface area contributed by atoms with Crippen molar-refractivity contribution >= 4 is 32.5 Å². The average Bonchev–Trinajstić information content (AvgIpc) is 2.57. The number of nitrogens with one attached hydrogen (secondary N) is 1. The molecule has 0 saturated carbocycles. The van der Waals surface area contributed by atoms with Gasteiger partial charge in [0.15, 0.2) is 0 Å². The molecule has 7 heteroatoms. The Morgan fingerprint density at radius 2 is 1.80 bits per heavy atom. The fraction of sp³-hybridized carbons (Fsp3) is 0.278. The molecule has 2 rings (SSSR count). The minimum absolute atomic E-state index is 0.00882. The number of carbonyl (C=O) groups is 1. The van der Waals surface area contributed by atoms with Gasteiger partial charge in [-0.1, -0.05) is 30.8 Å². The predicted molar refractivity (Wildman–Crippen MR) is 99.2 cm³/mol. The van der Waals surface area contributed by atoms with Crippen LogP contribution >= 0.6 is 0 Å². The van der Waals surface area contributed by atoms with E-state index in [1.807, 2.05) is 37.2 Å². The fourth-order valence-corrected chi connectivity index (χ4v) is 3.64. The molecular formula is C18H22N2O4S. The van der Waals surface area contributed by atoms with Gasteiger partial charge in [-0.25, -0.2) is 17.9 Å². The maximum Gasteiger partial charge on any atom is 0.333 e. The Labute approximate surface area is 148 Å². The molecule has 0 aliphatic carbocycles. The first-order valence-corrected chi connectivity index (χ1v) is 9.23. The molecule has 0 amide bonds. The molecule has 0 radical (unpaired) electrons. The van der Waals surface area contributed by atoms with Crippen LogP contribution in [0.3, 0.4) is 0 Å². The smallest absolute Gasteiger partial charge is 0.333 e. The van der Waals surface area contributed by atoms with Crippen molar-refractivity contribution in [2.45, 2.75) is 11.8 Å². The monoisotopic (exact) mass is 362 g/mol. The van der Waals surface area contributed by atoms with Crippen LogP contribution in [-0.4, -0.2) is 41.6 Å². The topological polar surface area (TPSA) is 75.7 Å². The maximum absolute atomic E-state index is 12.6. The van der Waals surface area contributed by atoms with Crippen molar-refractivity contribution in [2.75, 3.05) is 32.1 Å². The van der Waals surface area contributed by atoms with Crippen molar-refractivity contribution < 1.29 is 17.9 Å². The number of carbonyl (C=O) groups excluding carboxylic acids is 1. The summed E-state index contributed by atoms with van der Waals surface area (Å²) in [5.74, 6) is -0.542. The third-order valence-corrected chi connectivity index (χ3v) is 5.13. The number of rotatable bonds is 7. The summed E-state index contributed by atoms with van der Waals surface area (Å²) in [5, 5.41) is 1.49. The van der Waals surface area contributed by atoms with E-state index in [0.717, 1.165) is 11.1 Å². The van der Waals surface area contributed by atoms with Gasteiger partial charge in [0.25, 0.3) is 0 Å². The molecule has 0 fully saturated rings. The molecule has 0 unspecified atom stereocenters. The molecule has 6 nitrogen and oxygen atoms in total. The van der Waals surface area contributed by atoms with Crippen molar-refractivity contribution in [2.24, 2.45) is 0 Å². The van der Waals surface area contributed by atoms with E-state index in [4.69, 9.17) is 4.74 Å². The number of hydrogen-bond acceptors (Lipinski definition) is 5. The number of hydrogen-bond donors (Lipinski definition) is 1. The highest BCUT2D eigenvalue weighted by molar-refractivity contribution is 7.89. The quantitative estimate of drug-likeness (QED) is 0.465. The first kappa shape index (κ1) is 19.0. The van der Waals surface area contributed by atoms with Gasteiger partial charge in [-0.15, -0.1) is 0 Å². The maximum atomic E-state index is 12.6. The Kier molecular flexibility index (Phi) is 5.81. The second kappa shape index (κ2) is 7.67. The van der Waals surface area contributed by atoms with Gasteiger partial charge in [0.05, 0.1) is 4.90 Å². The molecule has 0 saturated heterocycles. The molecule has 25 heavy (non-hydrogen) atoms. The summed E-state index contributed by atoms with van der Waals surface area (Å²) in [7, 11) is 0.0840. The Bertz CT molecular complexity index is 904. The lowest BCUT2D eigenvalue weighted by molar-refractivity contribution is -0.138. The number of anilines is 1. The molecule has 0 aliphatic heterocycles. The van der Waals surface area contributed by atoms with Gasteiger partial charge in [-0.05, 0) is 19.1 Å². The minimum Gasteiger partial charge on any atom is -0.461 e. The van der Waals surface area contributed by atoms with Crippen LogP contribution in [-0.2, 0) is 19.6 Å². The van der Waals surface area contributed by atoms with E-state index in [9.17, 15) is 13.2 Å². The van der Waals surface area contributed by atoms with Gasteiger partial charge >= 0.3 is 5.97 Å². The molecule has 1 N–H and O–H groups in total. The van der Waals surface area contributed by atoms with Crippen LogP contribution in [0.4, 0.5) is 5.69 Å². The van der Waals surface area contributed by atoms with E-state index in [0.29, 0.717) is 5.39 Å². The molecule has 2 aromatic carbocycles. The molecule has 0 aromatic heterocycles. The van der Waals surface area contributed by atoms with E-state index in [-0.39, 0.29) is 23.6 Å². The van der Waals surface area contributed by atoms with Crippen LogP contribution in [0.1, 0.15) is 6.92 Å². The number of fused-ring (bicyclic) bond motifs is 1. The normalized spacial score (nSPS) is 11.3. The number of benzene rings is 2. The second-order valence-corrected chi connectivity index (χ2v) is 7.57. The highest BCUT2D eigenvalue weighted by Gasteiger charge is 2.18. The fourth-order valence-electron chi connectivity index (χ4n) is 2.41. The van der Waals surface area contributed by atoms with Gasteiger partial charge in [0, 0.05) is 42.7 Å². The van der Waals surface area contributed by atoms with Crippen LogP contribution in [0.5, 0.6) is 0 Å². The van der Waals surface area contributed by atoms with E-state index in [1.165, 1.54) is 6.92 Å². The Balaban J connectivity index is 2.24. The average molecular weight is 362 g/mol. The SMILES string of the molecule is C=C(C)C(=O)OCCNS(=O)(=O)c1cccc2c(N(C)C)cccc12. The first-order chi connectivity index (χ1) is 11.7. The van der Waals surface area contributed by atoms with Crippen LogP contribution in [0.2, 0.25) is 0 Å². The molecule has 0 heterocycles. The highest BCUT2D eigenvalue weighted by atomic mass is 32.2. The molecule has 0 bridgehead atoms. The Hall–Kier alpha value is -2.38. The lowest BCUT2D eigenvalue weighted by Gasteiger charge is -2.17. The molecule has 2 aromatic rings. The number of esters is 1. The van der Waals surface area contributed by atoms with E-state index < -0.39 is 16.0 Å². The third-order valence-electron chi connectivity index (χ3n) is 3.61. The summed E-state index contributed by atoms with van der Waals surface area (Å²) in [6, 6.07) is 10.7. The van der Waals surface area contributed by atoms with Crippen molar-refractivity contribution in [3.63, 3.8) is 0 Å². The van der Waals surface area contributed by atoms with E-state index in [1.54, 1.807) is 18.2 Å². The molecular weight excluding hydrogens is 340 g/mol. The summed E-state index contributed by atoms with van der Waals surface area (Å²) in [4.78, 5) is 13.4. The molecule has 0 aliphatic rings. The standard InChI is InChI=1S/C18H22N2O4S/c1-13(2)18(21)24-12-11-19-25(22,23)17-10-6-7-14-15(17)8-5-9-16(14)20(3)4/h5-10,19H,1,11-12H2,2-4H3. The van der Waals surface area contributed by atoms with Crippen molar-refractivity contribution in [3.8, 4) is 0 Å². The van der Waals surface area contributed by atoms with Gasteiger partial charge in [0.1, 0.15) is 6.61 Å².